The SMILES string of the molecule is Cc1nc(-c2ccsc2)sc1C(=O)NCc1cccc(OCCN(C)C2CCOCC2)c1. The number of ether oxygens (including phenoxy) is 2. The van der Waals surface area contributed by atoms with Gasteiger partial charge in [-0.2, -0.15) is 11.3 Å². The molecule has 1 aromatic carbocycles. The summed E-state index contributed by atoms with van der Waals surface area (Å²) in [7, 11) is 2.15. The monoisotopic (exact) mass is 471 g/mol. The zero-order valence-electron chi connectivity index (χ0n) is 18.5. The van der Waals surface area contributed by atoms with Crippen LogP contribution in [-0.4, -0.2) is 55.2 Å². The molecule has 0 atom stereocenters. The number of nitrogens with one attached hydrogen (secondary N) is 1. The number of aryl methyl sites for hydroxylation is 1. The van der Waals surface area contributed by atoms with Gasteiger partial charge in [0.2, 0.25) is 0 Å². The number of rotatable bonds is 9. The van der Waals surface area contributed by atoms with Gasteiger partial charge >= 0.3 is 0 Å². The van der Waals surface area contributed by atoms with Crippen LogP contribution in [0.4, 0.5) is 0 Å². The lowest BCUT2D eigenvalue weighted by Gasteiger charge is -2.31. The molecule has 0 saturated carbocycles. The Morgan fingerprint density at radius 2 is 2.16 bits per heavy atom. The summed E-state index contributed by atoms with van der Waals surface area (Å²) >= 11 is 3.06. The van der Waals surface area contributed by atoms with Gasteiger partial charge in [-0.25, -0.2) is 4.98 Å². The predicted molar refractivity (Wildman–Crippen MR) is 130 cm³/mol. The van der Waals surface area contributed by atoms with E-state index in [4.69, 9.17) is 9.47 Å². The number of aromatic nitrogens is 1. The summed E-state index contributed by atoms with van der Waals surface area (Å²) in [5.41, 5.74) is 2.84. The van der Waals surface area contributed by atoms with Crippen molar-refractivity contribution in [3.8, 4) is 16.3 Å². The third kappa shape index (κ3) is 5.95. The van der Waals surface area contributed by atoms with E-state index in [1.165, 1.54) is 11.3 Å². The molecule has 3 heterocycles. The first-order valence-corrected chi connectivity index (χ1v) is 12.6. The van der Waals surface area contributed by atoms with E-state index in [9.17, 15) is 4.79 Å². The van der Waals surface area contributed by atoms with Crippen molar-refractivity contribution < 1.29 is 14.3 Å². The summed E-state index contributed by atoms with van der Waals surface area (Å²) in [5.74, 6) is 0.733. The van der Waals surface area contributed by atoms with Crippen molar-refractivity contribution in [2.75, 3.05) is 33.4 Å². The molecule has 0 unspecified atom stereocenters. The third-order valence-electron chi connectivity index (χ3n) is 5.65. The highest BCUT2D eigenvalue weighted by atomic mass is 32.1. The molecule has 1 fully saturated rings. The van der Waals surface area contributed by atoms with Crippen molar-refractivity contribution >= 4 is 28.6 Å². The topological polar surface area (TPSA) is 63.7 Å². The van der Waals surface area contributed by atoms with Crippen LogP contribution in [0.3, 0.4) is 0 Å². The normalized spacial score (nSPS) is 14.6. The molecule has 1 aliphatic rings. The summed E-state index contributed by atoms with van der Waals surface area (Å²) in [4.78, 5) is 20.3. The number of nitrogens with zero attached hydrogens (tertiary/aromatic N) is 2. The number of thiazole rings is 1. The second kappa shape index (κ2) is 11.0. The van der Waals surface area contributed by atoms with Gasteiger partial charge in [0.1, 0.15) is 22.2 Å². The Balaban J connectivity index is 1.27. The fourth-order valence-corrected chi connectivity index (χ4v) is 5.43. The van der Waals surface area contributed by atoms with E-state index in [1.807, 2.05) is 48.0 Å². The average Bonchev–Trinajstić information content (AvgIpc) is 3.48. The first-order valence-electron chi connectivity index (χ1n) is 10.9. The second-order valence-corrected chi connectivity index (χ2v) is 9.73. The highest BCUT2D eigenvalue weighted by Crippen LogP contribution is 2.29. The molecular formula is C24H29N3O3S2. The van der Waals surface area contributed by atoms with Crippen LogP contribution in [0.5, 0.6) is 5.75 Å². The largest absolute Gasteiger partial charge is 0.492 e. The Labute approximate surface area is 197 Å². The quantitative estimate of drug-likeness (QED) is 0.494. The van der Waals surface area contributed by atoms with Crippen molar-refractivity contribution in [1.82, 2.24) is 15.2 Å². The molecule has 0 radical (unpaired) electrons. The van der Waals surface area contributed by atoms with Gasteiger partial charge in [0, 0.05) is 43.3 Å². The van der Waals surface area contributed by atoms with Crippen LogP contribution in [0.15, 0.2) is 41.1 Å². The van der Waals surface area contributed by atoms with Crippen LogP contribution >= 0.6 is 22.7 Å². The number of carbonyl (C=O) groups excluding carboxylic acids is 1. The predicted octanol–water partition coefficient (Wildman–Crippen LogP) is 4.60. The van der Waals surface area contributed by atoms with Crippen LogP contribution in [0.25, 0.3) is 10.6 Å². The van der Waals surface area contributed by atoms with Crippen LogP contribution in [-0.2, 0) is 11.3 Å². The highest BCUT2D eigenvalue weighted by molar-refractivity contribution is 7.17. The van der Waals surface area contributed by atoms with Crippen LogP contribution < -0.4 is 10.1 Å². The van der Waals surface area contributed by atoms with Gasteiger partial charge in [-0.3, -0.25) is 9.69 Å². The Kier molecular flexibility index (Phi) is 7.91. The smallest absolute Gasteiger partial charge is 0.263 e. The first kappa shape index (κ1) is 22.9. The second-order valence-electron chi connectivity index (χ2n) is 7.95. The Morgan fingerprint density at radius 1 is 1.31 bits per heavy atom. The number of hydrogen-bond acceptors (Lipinski definition) is 7. The minimum absolute atomic E-state index is 0.0918. The highest BCUT2D eigenvalue weighted by Gasteiger charge is 2.18. The lowest BCUT2D eigenvalue weighted by Crippen LogP contribution is -2.38. The van der Waals surface area contributed by atoms with E-state index in [1.54, 1.807) is 11.3 Å². The van der Waals surface area contributed by atoms with Gasteiger partial charge in [0.25, 0.3) is 5.91 Å². The molecule has 6 nitrogen and oxygen atoms in total. The van der Waals surface area contributed by atoms with Crippen molar-refractivity contribution in [3.63, 3.8) is 0 Å². The molecule has 1 N–H and O–H groups in total. The molecule has 32 heavy (non-hydrogen) atoms. The lowest BCUT2D eigenvalue weighted by atomic mass is 10.1. The summed E-state index contributed by atoms with van der Waals surface area (Å²) in [5, 5.41) is 7.97. The number of likely N-dealkylation sites (N-methyl/N-ethyl adjacent to an activating group) is 1. The van der Waals surface area contributed by atoms with E-state index in [-0.39, 0.29) is 5.91 Å². The maximum absolute atomic E-state index is 12.7. The fraction of sp³-hybridized carbons (Fsp3) is 0.417. The summed E-state index contributed by atoms with van der Waals surface area (Å²) in [6.07, 6.45) is 2.17. The summed E-state index contributed by atoms with van der Waals surface area (Å²) in [6, 6.07) is 10.5. The molecule has 0 aliphatic carbocycles. The molecule has 4 rings (SSSR count). The molecule has 1 amide bonds. The fourth-order valence-electron chi connectivity index (χ4n) is 3.74. The van der Waals surface area contributed by atoms with Gasteiger partial charge in [-0.1, -0.05) is 12.1 Å². The number of hydrogen-bond donors (Lipinski definition) is 1. The lowest BCUT2D eigenvalue weighted by molar-refractivity contribution is 0.0392. The van der Waals surface area contributed by atoms with Crippen molar-refractivity contribution in [1.29, 1.82) is 0 Å². The van der Waals surface area contributed by atoms with Gasteiger partial charge in [0.05, 0.1) is 5.69 Å². The number of carbonyl (C=O) groups is 1. The maximum Gasteiger partial charge on any atom is 0.263 e. The minimum atomic E-state index is -0.0918. The minimum Gasteiger partial charge on any atom is -0.492 e. The maximum atomic E-state index is 12.7. The van der Waals surface area contributed by atoms with Gasteiger partial charge in [0.15, 0.2) is 0 Å². The van der Waals surface area contributed by atoms with Crippen molar-refractivity contribution in [2.45, 2.75) is 32.4 Å². The van der Waals surface area contributed by atoms with E-state index in [0.717, 1.165) is 60.2 Å². The first-order chi connectivity index (χ1) is 15.6. The van der Waals surface area contributed by atoms with Crippen LogP contribution in [0.1, 0.15) is 33.8 Å². The third-order valence-corrected chi connectivity index (χ3v) is 7.54. The molecule has 1 saturated heterocycles. The Morgan fingerprint density at radius 3 is 2.94 bits per heavy atom. The molecule has 1 aliphatic heterocycles. The average molecular weight is 472 g/mol. The summed E-state index contributed by atoms with van der Waals surface area (Å²) in [6.45, 7) is 5.54. The summed E-state index contributed by atoms with van der Waals surface area (Å²) < 4.78 is 11.4. The molecule has 8 heteroatoms. The molecule has 3 aromatic rings. The Hall–Kier alpha value is -2.26. The van der Waals surface area contributed by atoms with Crippen molar-refractivity contribution in [3.05, 3.63) is 57.2 Å². The standard InChI is InChI=1S/C24H29N3O3S2/c1-17-22(32-24(26-17)19-8-13-31-16-19)23(28)25-15-18-4-3-5-21(14-18)30-12-9-27(2)20-6-10-29-11-7-20/h3-5,8,13-14,16,20H,6-7,9-12,15H2,1-2H3,(H,25,28). The number of benzene rings is 1. The van der Waals surface area contributed by atoms with Crippen molar-refractivity contribution in [2.24, 2.45) is 0 Å². The van der Waals surface area contributed by atoms with Gasteiger partial charge in [-0.15, -0.1) is 11.3 Å². The van der Waals surface area contributed by atoms with E-state index >= 15 is 0 Å². The molecule has 170 valence electrons. The number of thiophene rings is 1. The molecule has 0 bridgehead atoms. The van der Waals surface area contributed by atoms with Crippen LogP contribution in [0.2, 0.25) is 0 Å². The zero-order valence-corrected chi connectivity index (χ0v) is 20.1. The zero-order chi connectivity index (χ0) is 22.3. The van der Waals surface area contributed by atoms with E-state index < -0.39 is 0 Å². The van der Waals surface area contributed by atoms with Crippen LogP contribution in [0, 0.1) is 6.92 Å². The van der Waals surface area contributed by atoms with Gasteiger partial charge < -0.3 is 14.8 Å². The molecular weight excluding hydrogens is 442 g/mol. The Bertz CT molecular complexity index is 1010. The van der Waals surface area contributed by atoms with E-state index in [0.29, 0.717) is 24.1 Å². The number of amides is 1. The van der Waals surface area contributed by atoms with Gasteiger partial charge in [-0.05, 0) is 56.0 Å². The molecule has 0 spiro atoms. The van der Waals surface area contributed by atoms with E-state index in [2.05, 4.69) is 22.2 Å². The molecule has 2 aromatic heterocycles.